The van der Waals surface area contributed by atoms with Crippen LogP contribution >= 0.6 is 11.6 Å². The Bertz CT molecular complexity index is 944. The van der Waals surface area contributed by atoms with Crippen LogP contribution in [0.1, 0.15) is 23.6 Å². The predicted octanol–water partition coefficient (Wildman–Crippen LogP) is 3.30. The minimum atomic E-state index is -3.37. The molecule has 3 rings (SSSR count). The van der Waals surface area contributed by atoms with Crippen molar-refractivity contribution >= 4 is 33.0 Å². The van der Waals surface area contributed by atoms with Gasteiger partial charge in [0.1, 0.15) is 0 Å². The molecule has 1 amide bonds. The molecule has 0 saturated carbocycles. The van der Waals surface area contributed by atoms with E-state index in [1.54, 1.807) is 0 Å². The van der Waals surface area contributed by atoms with Crippen LogP contribution in [0.25, 0.3) is 0 Å². The SMILES string of the molecule is CN(CC(=O)Nc1cc(S(C)(=O)=O)ccc1Cl)[C@@H]1CCc2ccccc21. The second-order valence-corrected chi connectivity index (χ2v) is 9.05. The molecular weight excluding hydrogens is 372 g/mol. The van der Waals surface area contributed by atoms with Crippen LogP contribution in [0.2, 0.25) is 5.02 Å². The van der Waals surface area contributed by atoms with Gasteiger partial charge in [-0.2, -0.15) is 0 Å². The number of carbonyl (C=O) groups is 1. The van der Waals surface area contributed by atoms with E-state index in [0.717, 1.165) is 19.1 Å². The summed E-state index contributed by atoms with van der Waals surface area (Å²) in [5, 5.41) is 3.03. The first-order valence-electron chi connectivity index (χ1n) is 8.33. The van der Waals surface area contributed by atoms with Crippen LogP contribution in [-0.4, -0.2) is 39.1 Å². The first-order valence-corrected chi connectivity index (χ1v) is 10.6. The highest BCUT2D eigenvalue weighted by atomic mass is 35.5. The van der Waals surface area contributed by atoms with Gasteiger partial charge in [0.15, 0.2) is 9.84 Å². The lowest BCUT2D eigenvalue weighted by atomic mass is 10.1. The van der Waals surface area contributed by atoms with E-state index in [9.17, 15) is 13.2 Å². The van der Waals surface area contributed by atoms with Crippen LogP contribution in [0.15, 0.2) is 47.4 Å². The predicted molar refractivity (Wildman–Crippen MR) is 103 cm³/mol. The Morgan fingerprint density at radius 3 is 2.73 bits per heavy atom. The highest BCUT2D eigenvalue weighted by Crippen LogP contribution is 2.34. The molecule has 7 heteroatoms. The van der Waals surface area contributed by atoms with Gasteiger partial charge in [-0.25, -0.2) is 8.42 Å². The van der Waals surface area contributed by atoms with Crippen LogP contribution in [-0.2, 0) is 21.1 Å². The van der Waals surface area contributed by atoms with Gasteiger partial charge in [0.25, 0.3) is 0 Å². The summed E-state index contributed by atoms with van der Waals surface area (Å²) in [5.74, 6) is -0.232. The molecule has 0 fully saturated rings. The molecule has 138 valence electrons. The van der Waals surface area contributed by atoms with Gasteiger partial charge in [0.05, 0.1) is 22.2 Å². The summed E-state index contributed by atoms with van der Waals surface area (Å²) < 4.78 is 23.4. The summed E-state index contributed by atoms with van der Waals surface area (Å²) in [6.07, 6.45) is 3.11. The van der Waals surface area contributed by atoms with E-state index in [2.05, 4.69) is 17.4 Å². The van der Waals surface area contributed by atoms with Crippen molar-refractivity contribution in [1.29, 1.82) is 0 Å². The number of amides is 1. The van der Waals surface area contributed by atoms with Crippen molar-refractivity contribution in [3.05, 3.63) is 58.6 Å². The summed E-state index contributed by atoms with van der Waals surface area (Å²) in [6, 6.07) is 12.8. The van der Waals surface area contributed by atoms with E-state index in [0.29, 0.717) is 10.7 Å². The van der Waals surface area contributed by atoms with E-state index < -0.39 is 9.84 Å². The molecule has 1 N–H and O–H groups in total. The van der Waals surface area contributed by atoms with Crippen molar-refractivity contribution in [2.45, 2.75) is 23.8 Å². The number of aryl methyl sites for hydroxylation is 1. The van der Waals surface area contributed by atoms with Gasteiger partial charge in [-0.3, -0.25) is 9.69 Å². The highest BCUT2D eigenvalue weighted by molar-refractivity contribution is 7.90. The number of fused-ring (bicyclic) bond motifs is 1. The molecule has 0 heterocycles. The minimum Gasteiger partial charge on any atom is -0.324 e. The quantitative estimate of drug-likeness (QED) is 0.847. The topological polar surface area (TPSA) is 66.5 Å². The van der Waals surface area contributed by atoms with Crippen molar-refractivity contribution < 1.29 is 13.2 Å². The zero-order valence-electron chi connectivity index (χ0n) is 14.7. The van der Waals surface area contributed by atoms with Gasteiger partial charge in [-0.1, -0.05) is 35.9 Å². The van der Waals surface area contributed by atoms with Crippen LogP contribution < -0.4 is 5.32 Å². The van der Waals surface area contributed by atoms with Gasteiger partial charge < -0.3 is 5.32 Å². The van der Waals surface area contributed by atoms with Gasteiger partial charge in [-0.05, 0) is 49.2 Å². The van der Waals surface area contributed by atoms with Gasteiger partial charge in [-0.15, -0.1) is 0 Å². The lowest BCUT2D eigenvalue weighted by Gasteiger charge is -2.24. The number of nitrogens with zero attached hydrogens (tertiary/aromatic N) is 1. The summed E-state index contributed by atoms with van der Waals surface area (Å²) in [7, 11) is -1.45. The van der Waals surface area contributed by atoms with Crippen LogP contribution in [0.3, 0.4) is 0 Å². The monoisotopic (exact) mass is 392 g/mol. The van der Waals surface area contributed by atoms with Gasteiger partial charge in [0.2, 0.25) is 5.91 Å². The fourth-order valence-corrected chi connectivity index (χ4v) is 4.16. The number of hydrogen-bond donors (Lipinski definition) is 1. The molecule has 0 aromatic heterocycles. The molecule has 0 aliphatic heterocycles. The average molecular weight is 393 g/mol. The standard InChI is InChI=1S/C19H21ClN2O3S/c1-22(18-10-7-13-5-3-4-6-15(13)18)12-19(23)21-17-11-14(26(2,24)25)8-9-16(17)20/h3-6,8-9,11,18H,7,10,12H2,1-2H3,(H,21,23)/t18-/m1/s1. The van der Waals surface area contributed by atoms with Crippen molar-refractivity contribution in [3.8, 4) is 0 Å². The van der Waals surface area contributed by atoms with Crippen LogP contribution in [0.4, 0.5) is 5.69 Å². The number of sulfone groups is 1. The van der Waals surface area contributed by atoms with Crippen LogP contribution in [0, 0.1) is 0 Å². The van der Waals surface area contributed by atoms with E-state index in [-0.39, 0.29) is 23.4 Å². The molecule has 0 bridgehead atoms. The van der Waals surface area contributed by atoms with Gasteiger partial charge >= 0.3 is 0 Å². The fraction of sp³-hybridized carbons (Fsp3) is 0.316. The Hall–Kier alpha value is -1.89. The third kappa shape index (κ3) is 4.09. The number of hydrogen-bond acceptors (Lipinski definition) is 4. The van der Waals surface area contributed by atoms with Crippen molar-refractivity contribution in [2.75, 3.05) is 25.2 Å². The fourth-order valence-electron chi connectivity index (χ4n) is 3.35. The number of nitrogens with one attached hydrogen (secondary N) is 1. The third-order valence-electron chi connectivity index (χ3n) is 4.67. The first-order chi connectivity index (χ1) is 12.3. The normalized spacial score (nSPS) is 16.5. The zero-order chi connectivity index (χ0) is 18.9. The number of carbonyl (C=O) groups excluding carboxylic acids is 1. The summed E-state index contributed by atoms with van der Waals surface area (Å²) in [6.45, 7) is 0.193. The Labute approximate surface area is 158 Å². The number of halogens is 1. The van der Waals surface area contributed by atoms with Crippen molar-refractivity contribution in [2.24, 2.45) is 0 Å². The maximum atomic E-state index is 12.4. The van der Waals surface area contributed by atoms with E-state index in [1.807, 2.05) is 24.1 Å². The molecule has 0 saturated heterocycles. The molecule has 0 radical (unpaired) electrons. The zero-order valence-corrected chi connectivity index (χ0v) is 16.3. The molecule has 5 nitrogen and oxygen atoms in total. The van der Waals surface area contributed by atoms with Crippen molar-refractivity contribution in [3.63, 3.8) is 0 Å². The number of likely N-dealkylation sites (N-methyl/N-ethyl adjacent to an activating group) is 1. The number of rotatable bonds is 5. The summed E-state index contributed by atoms with van der Waals surface area (Å²) in [5.41, 5.74) is 2.90. The molecular formula is C19H21ClN2O3S. The largest absolute Gasteiger partial charge is 0.324 e. The maximum absolute atomic E-state index is 12.4. The lowest BCUT2D eigenvalue weighted by molar-refractivity contribution is -0.117. The molecule has 2 aromatic carbocycles. The van der Waals surface area contributed by atoms with E-state index >= 15 is 0 Å². The second kappa shape index (κ2) is 7.39. The molecule has 26 heavy (non-hydrogen) atoms. The molecule has 2 aromatic rings. The molecule has 0 spiro atoms. The van der Waals surface area contributed by atoms with Crippen LogP contribution in [0.5, 0.6) is 0 Å². The first kappa shape index (κ1) is 18.9. The van der Waals surface area contributed by atoms with E-state index in [1.165, 1.54) is 29.3 Å². The highest BCUT2D eigenvalue weighted by Gasteiger charge is 2.26. The van der Waals surface area contributed by atoms with E-state index in [4.69, 9.17) is 11.6 Å². The Kier molecular flexibility index (Phi) is 5.37. The summed E-state index contributed by atoms with van der Waals surface area (Å²) >= 11 is 6.10. The second-order valence-electron chi connectivity index (χ2n) is 6.63. The maximum Gasteiger partial charge on any atom is 0.238 e. The Morgan fingerprint density at radius 2 is 2.00 bits per heavy atom. The third-order valence-corrected chi connectivity index (χ3v) is 6.11. The Morgan fingerprint density at radius 1 is 1.27 bits per heavy atom. The van der Waals surface area contributed by atoms with Gasteiger partial charge in [0, 0.05) is 12.3 Å². The number of anilines is 1. The minimum absolute atomic E-state index is 0.121. The number of benzene rings is 2. The average Bonchev–Trinajstić information content (AvgIpc) is 3.00. The Balaban J connectivity index is 1.70. The molecule has 1 aliphatic carbocycles. The molecule has 0 unspecified atom stereocenters. The molecule has 1 atom stereocenters. The lowest BCUT2D eigenvalue weighted by Crippen LogP contribution is -2.32. The molecule has 1 aliphatic rings. The smallest absolute Gasteiger partial charge is 0.238 e. The summed E-state index contributed by atoms with van der Waals surface area (Å²) in [4.78, 5) is 14.6. The van der Waals surface area contributed by atoms with Crippen molar-refractivity contribution in [1.82, 2.24) is 4.90 Å².